The van der Waals surface area contributed by atoms with Crippen LogP contribution in [0.4, 0.5) is 10.1 Å². The molecule has 2 aromatic carbocycles. The van der Waals surface area contributed by atoms with Gasteiger partial charge in [0.25, 0.3) is 0 Å². The van der Waals surface area contributed by atoms with Crippen LogP contribution in [-0.2, 0) is 11.3 Å². The van der Waals surface area contributed by atoms with Crippen molar-refractivity contribution >= 4 is 28.3 Å². The number of aromatic nitrogens is 1. The Balaban J connectivity index is 1.99. The van der Waals surface area contributed by atoms with Gasteiger partial charge < -0.3 is 9.88 Å². The second-order valence-corrected chi connectivity index (χ2v) is 6.02. The van der Waals surface area contributed by atoms with Gasteiger partial charge in [0.15, 0.2) is 11.2 Å². The Morgan fingerprint density at radius 1 is 1.12 bits per heavy atom. The van der Waals surface area contributed by atoms with Crippen LogP contribution in [0.5, 0.6) is 0 Å². The van der Waals surface area contributed by atoms with E-state index in [0.717, 1.165) is 0 Å². The number of benzene rings is 2. The van der Waals surface area contributed by atoms with Gasteiger partial charge in [-0.3, -0.25) is 14.4 Å². The molecule has 0 aliphatic heterocycles. The minimum Gasteiger partial charge on any atom is -0.333 e. The zero-order valence-electron chi connectivity index (χ0n) is 14.4. The van der Waals surface area contributed by atoms with Crippen LogP contribution in [0.15, 0.2) is 53.3 Å². The number of nitrogens with one attached hydrogen (secondary N) is 1. The van der Waals surface area contributed by atoms with Crippen molar-refractivity contribution in [1.82, 2.24) is 4.57 Å². The Morgan fingerprint density at radius 2 is 1.85 bits per heavy atom. The smallest absolute Gasteiger partial charge is 0.244 e. The number of Topliss-reactive ketones (excluding diaryl/α,β-unsaturated/α-hetero) is 1. The number of carbonyl (C=O) groups is 2. The first-order chi connectivity index (χ1) is 12.4. The van der Waals surface area contributed by atoms with Crippen molar-refractivity contribution in [3.05, 3.63) is 75.8 Å². The molecule has 1 heterocycles. The first kappa shape index (κ1) is 17.5. The molecule has 1 aromatic heterocycles. The molecule has 26 heavy (non-hydrogen) atoms. The first-order valence-corrected chi connectivity index (χ1v) is 8.07. The van der Waals surface area contributed by atoms with Gasteiger partial charge in [0.1, 0.15) is 12.4 Å². The van der Waals surface area contributed by atoms with E-state index in [1.807, 2.05) is 0 Å². The van der Waals surface area contributed by atoms with E-state index in [-0.39, 0.29) is 28.7 Å². The lowest BCUT2D eigenvalue weighted by atomic mass is 10.1. The second kappa shape index (κ2) is 6.92. The number of halogens is 1. The molecule has 3 rings (SSSR count). The number of hydrogen-bond acceptors (Lipinski definition) is 3. The number of para-hydroxylation sites is 2. The molecule has 0 aliphatic carbocycles. The number of hydrogen-bond donors (Lipinski definition) is 1. The Morgan fingerprint density at radius 3 is 2.58 bits per heavy atom. The number of aryl methyl sites for hydroxylation is 1. The molecule has 0 fully saturated rings. The maximum atomic E-state index is 14.3. The molecule has 132 valence electrons. The van der Waals surface area contributed by atoms with Crippen LogP contribution < -0.4 is 10.7 Å². The summed E-state index contributed by atoms with van der Waals surface area (Å²) < 4.78 is 15.8. The standard InChI is InChI=1S/C20H17FN2O3/c1-12-10-18(25)15-7-5-8-16(21)20(15)23(12)11-19(26)22-17-9-4-3-6-14(17)13(2)24/h3-10H,11H2,1-2H3,(H,22,26). The average molecular weight is 352 g/mol. The molecule has 6 heteroatoms. The van der Waals surface area contributed by atoms with Crippen molar-refractivity contribution in [3.63, 3.8) is 0 Å². The molecule has 0 atom stereocenters. The van der Waals surface area contributed by atoms with Gasteiger partial charge in [0.2, 0.25) is 5.91 Å². The van der Waals surface area contributed by atoms with E-state index in [0.29, 0.717) is 16.9 Å². The molecule has 0 unspecified atom stereocenters. The molecule has 0 radical (unpaired) electrons. The lowest BCUT2D eigenvalue weighted by Crippen LogP contribution is -2.23. The highest BCUT2D eigenvalue weighted by molar-refractivity contribution is 6.03. The summed E-state index contributed by atoms with van der Waals surface area (Å²) in [5.41, 5.74) is 1.06. The fourth-order valence-corrected chi connectivity index (χ4v) is 2.95. The zero-order valence-corrected chi connectivity index (χ0v) is 14.4. The Hall–Kier alpha value is -3.28. The Kier molecular flexibility index (Phi) is 4.67. The van der Waals surface area contributed by atoms with Gasteiger partial charge >= 0.3 is 0 Å². The van der Waals surface area contributed by atoms with Crippen LogP contribution in [0.1, 0.15) is 23.0 Å². The fourth-order valence-electron chi connectivity index (χ4n) is 2.95. The molecule has 1 N–H and O–H groups in total. The van der Waals surface area contributed by atoms with Gasteiger partial charge in [0.05, 0.1) is 11.2 Å². The largest absolute Gasteiger partial charge is 0.333 e. The summed E-state index contributed by atoms with van der Waals surface area (Å²) in [4.78, 5) is 36.3. The van der Waals surface area contributed by atoms with Crippen LogP contribution >= 0.6 is 0 Å². The third kappa shape index (κ3) is 3.26. The second-order valence-electron chi connectivity index (χ2n) is 6.02. The molecule has 0 bridgehead atoms. The maximum absolute atomic E-state index is 14.3. The van der Waals surface area contributed by atoms with Crippen LogP contribution in [-0.4, -0.2) is 16.3 Å². The van der Waals surface area contributed by atoms with E-state index < -0.39 is 11.7 Å². The number of amides is 1. The van der Waals surface area contributed by atoms with Crippen LogP contribution in [0.3, 0.4) is 0 Å². The van der Waals surface area contributed by atoms with Crippen LogP contribution in [0, 0.1) is 12.7 Å². The first-order valence-electron chi connectivity index (χ1n) is 8.07. The van der Waals surface area contributed by atoms with Gasteiger partial charge in [-0.15, -0.1) is 0 Å². The van der Waals surface area contributed by atoms with Crippen LogP contribution in [0.25, 0.3) is 10.9 Å². The van der Waals surface area contributed by atoms with E-state index in [1.54, 1.807) is 31.2 Å². The lowest BCUT2D eigenvalue weighted by molar-refractivity contribution is -0.116. The van der Waals surface area contributed by atoms with E-state index >= 15 is 0 Å². The molecule has 0 saturated carbocycles. The number of anilines is 1. The molecular weight excluding hydrogens is 335 g/mol. The number of fused-ring (bicyclic) bond motifs is 1. The highest BCUT2D eigenvalue weighted by atomic mass is 19.1. The average Bonchev–Trinajstić information content (AvgIpc) is 2.59. The van der Waals surface area contributed by atoms with Gasteiger partial charge in [-0.1, -0.05) is 18.2 Å². The van der Waals surface area contributed by atoms with Crippen molar-refractivity contribution in [2.45, 2.75) is 20.4 Å². The van der Waals surface area contributed by atoms with Gasteiger partial charge in [-0.25, -0.2) is 4.39 Å². The predicted octanol–water partition coefficient (Wildman–Crippen LogP) is 3.29. The fraction of sp³-hybridized carbons (Fsp3) is 0.150. The molecule has 3 aromatic rings. The quantitative estimate of drug-likeness (QED) is 0.733. The van der Waals surface area contributed by atoms with Crippen molar-refractivity contribution < 1.29 is 14.0 Å². The van der Waals surface area contributed by atoms with E-state index in [4.69, 9.17) is 0 Å². The molecule has 5 nitrogen and oxygen atoms in total. The number of rotatable bonds is 4. The summed E-state index contributed by atoms with van der Waals surface area (Å²) >= 11 is 0. The van der Waals surface area contributed by atoms with Crippen LogP contribution in [0.2, 0.25) is 0 Å². The molecule has 1 amide bonds. The highest BCUT2D eigenvalue weighted by Crippen LogP contribution is 2.18. The predicted molar refractivity (Wildman–Crippen MR) is 98.0 cm³/mol. The Bertz CT molecular complexity index is 1090. The maximum Gasteiger partial charge on any atom is 0.244 e. The van der Waals surface area contributed by atoms with Crippen molar-refractivity contribution in [2.24, 2.45) is 0 Å². The minimum absolute atomic E-state index is 0.0903. The summed E-state index contributed by atoms with van der Waals surface area (Å²) in [6.45, 7) is 2.87. The number of ketones is 1. The summed E-state index contributed by atoms with van der Waals surface area (Å²) in [6.07, 6.45) is 0. The SMILES string of the molecule is CC(=O)c1ccccc1NC(=O)Cn1c(C)cc(=O)c2cccc(F)c21. The summed E-state index contributed by atoms with van der Waals surface area (Å²) in [6, 6.07) is 12.3. The third-order valence-corrected chi connectivity index (χ3v) is 4.17. The Labute approximate surface area is 149 Å². The van der Waals surface area contributed by atoms with E-state index in [2.05, 4.69) is 5.32 Å². The van der Waals surface area contributed by atoms with Gasteiger partial charge in [-0.2, -0.15) is 0 Å². The summed E-state index contributed by atoms with van der Waals surface area (Å²) in [5, 5.41) is 2.90. The van der Waals surface area contributed by atoms with Gasteiger partial charge in [0, 0.05) is 22.7 Å². The molecule has 0 saturated heterocycles. The highest BCUT2D eigenvalue weighted by Gasteiger charge is 2.15. The van der Waals surface area contributed by atoms with Crippen molar-refractivity contribution in [2.75, 3.05) is 5.32 Å². The normalized spacial score (nSPS) is 10.7. The monoisotopic (exact) mass is 352 g/mol. The minimum atomic E-state index is -0.569. The van der Waals surface area contributed by atoms with Gasteiger partial charge in [-0.05, 0) is 38.1 Å². The topological polar surface area (TPSA) is 68.2 Å². The van der Waals surface area contributed by atoms with E-state index in [9.17, 15) is 18.8 Å². The number of carbonyl (C=O) groups excluding carboxylic acids is 2. The summed E-state index contributed by atoms with van der Waals surface area (Å²) in [7, 11) is 0. The molecule has 0 aliphatic rings. The molecule has 0 spiro atoms. The number of nitrogens with zero attached hydrogens (tertiary/aromatic N) is 1. The lowest BCUT2D eigenvalue weighted by Gasteiger charge is -2.15. The summed E-state index contributed by atoms with van der Waals surface area (Å²) in [5.74, 6) is -1.16. The van der Waals surface area contributed by atoms with Crippen molar-refractivity contribution in [1.29, 1.82) is 0 Å². The molecular formula is C20H17FN2O3. The van der Waals surface area contributed by atoms with E-state index in [1.165, 1.54) is 35.8 Å². The third-order valence-electron chi connectivity index (χ3n) is 4.17. The zero-order chi connectivity index (χ0) is 18.8. The van der Waals surface area contributed by atoms with Crippen molar-refractivity contribution in [3.8, 4) is 0 Å². The number of pyridine rings is 1.